The van der Waals surface area contributed by atoms with E-state index in [2.05, 4.69) is 0 Å². The zero-order valence-corrected chi connectivity index (χ0v) is 8.03. The summed E-state index contributed by atoms with van der Waals surface area (Å²) in [6.07, 6.45) is 0.965. The molecule has 1 heterocycles. The lowest BCUT2D eigenvalue weighted by Gasteiger charge is -2.17. The first-order valence-electron chi connectivity index (χ1n) is 4.52. The van der Waals surface area contributed by atoms with Crippen LogP contribution < -0.4 is 0 Å². The number of carboxylic acids is 1. The van der Waals surface area contributed by atoms with Gasteiger partial charge in [0.05, 0.1) is 6.10 Å². The summed E-state index contributed by atoms with van der Waals surface area (Å²) < 4.78 is 10.2. The van der Waals surface area contributed by atoms with Gasteiger partial charge in [-0.05, 0) is 25.7 Å². The summed E-state index contributed by atoms with van der Waals surface area (Å²) in [6.45, 7) is 2.72. The van der Waals surface area contributed by atoms with Gasteiger partial charge in [0.2, 0.25) is 0 Å². The van der Waals surface area contributed by atoms with Gasteiger partial charge in [-0.3, -0.25) is 0 Å². The van der Waals surface area contributed by atoms with Crippen molar-refractivity contribution in [1.29, 1.82) is 0 Å². The highest BCUT2D eigenvalue weighted by Crippen LogP contribution is 2.25. The summed E-state index contributed by atoms with van der Waals surface area (Å²) >= 11 is 0. The monoisotopic (exact) mass is 188 g/mol. The molecule has 0 amide bonds. The fraction of sp³-hybridized carbons (Fsp3) is 0.889. The number of carboxylic acid groups (broad SMARTS) is 1. The smallest absolute Gasteiger partial charge is 0.332 e. The van der Waals surface area contributed by atoms with Gasteiger partial charge >= 0.3 is 5.97 Å². The molecule has 4 heteroatoms. The van der Waals surface area contributed by atoms with Gasteiger partial charge in [0.1, 0.15) is 0 Å². The standard InChI is InChI=1S/C9H16O4/c1-6-7(3-4-13-6)5-8(12-2)9(10)11/h6-8H,3-5H2,1-2H3,(H,10,11). The van der Waals surface area contributed by atoms with Crippen LogP contribution in [0.3, 0.4) is 0 Å². The van der Waals surface area contributed by atoms with Gasteiger partial charge in [0, 0.05) is 13.7 Å². The number of aliphatic carboxylic acids is 1. The van der Waals surface area contributed by atoms with Gasteiger partial charge in [0.15, 0.2) is 6.10 Å². The predicted molar refractivity (Wildman–Crippen MR) is 46.6 cm³/mol. The second kappa shape index (κ2) is 4.58. The molecular weight excluding hydrogens is 172 g/mol. The third-order valence-electron chi connectivity index (χ3n) is 2.61. The number of hydrogen-bond acceptors (Lipinski definition) is 3. The van der Waals surface area contributed by atoms with E-state index in [4.69, 9.17) is 14.6 Å². The van der Waals surface area contributed by atoms with E-state index in [0.717, 1.165) is 13.0 Å². The van der Waals surface area contributed by atoms with Gasteiger partial charge in [-0.1, -0.05) is 0 Å². The van der Waals surface area contributed by atoms with Crippen LogP contribution in [0.2, 0.25) is 0 Å². The van der Waals surface area contributed by atoms with Crippen molar-refractivity contribution in [1.82, 2.24) is 0 Å². The van der Waals surface area contributed by atoms with E-state index in [1.54, 1.807) is 0 Å². The summed E-state index contributed by atoms with van der Waals surface area (Å²) in [5, 5.41) is 8.75. The average Bonchev–Trinajstić information content (AvgIpc) is 2.46. The molecule has 1 aliphatic heterocycles. The summed E-state index contributed by atoms with van der Waals surface area (Å²) in [5.41, 5.74) is 0. The van der Waals surface area contributed by atoms with Crippen LogP contribution in [0.5, 0.6) is 0 Å². The zero-order valence-electron chi connectivity index (χ0n) is 8.03. The molecule has 13 heavy (non-hydrogen) atoms. The van der Waals surface area contributed by atoms with E-state index < -0.39 is 12.1 Å². The fourth-order valence-corrected chi connectivity index (χ4v) is 1.66. The molecule has 0 radical (unpaired) electrons. The van der Waals surface area contributed by atoms with E-state index in [1.165, 1.54) is 7.11 Å². The molecule has 0 saturated carbocycles. The minimum absolute atomic E-state index is 0.164. The summed E-state index contributed by atoms with van der Waals surface area (Å²) in [6, 6.07) is 0. The molecular formula is C9H16O4. The topological polar surface area (TPSA) is 55.8 Å². The minimum Gasteiger partial charge on any atom is -0.479 e. The lowest BCUT2D eigenvalue weighted by molar-refractivity contribution is -0.149. The molecule has 1 N–H and O–H groups in total. The first-order valence-corrected chi connectivity index (χ1v) is 4.52. The van der Waals surface area contributed by atoms with Gasteiger partial charge in [0.25, 0.3) is 0 Å². The van der Waals surface area contributed by atoms with Crippen LogP contribution >= 0.6 is 0 Å². The fourth-order valence-electron chi connectivity index (χ4n) is 1.66. The molecule has 0 aliphatic carbocycles. The molecule has 3 unspecified atom stereocenters. The van der Waals surface area contributed by atoms with Crippen molar-refractivity contribution in [3.63, 3.8) is 0 Å². The second-order valence-corrected chi connectivity index (χ2v) is 3.42. The van der Waals surface area contributed by atoms with Crippen molar-refractivity contribution >= 4 is 5.97 Å². The third kappa shape index (κ3) is 2.67. The van der Waals surface area contributed by atoms with Crippen molar-refractivity contribution in [2.24, 2.45) is 5.92 Å². The van der Waals surface area contributed by atoms with Crippen LogP contribution in [-0.2, 0) is 14.3 Å². The van der Waals surface area contributed by atoms with Crippen LogP contribution in [0.1, 0.15) is 19.8 Å². The maximum atomic E-state index is 10.7. The Hall–Kier alpha value is -0.610. The molecule has 4 nitrogen and oxygen atoms in total. The van der Waals surface area contributed by atoms with Gasteiger partial charge < -0.3 is 14.6 Å². The highest BCUT2D eigenvalue weighted by Gasteiger charge is 2.29. The molecule has 76 valence electrons. The van der Waals surface area contributed by atoms with E-state index >= 15 is 0 Å². The largest absolute Gasteiger partial charge is 0.479 e. The normalized spacial score (nSPS) is 30.3. The van der Waals surface area contributed by atoms with Crippen molar-refractivity contribution in [2.45, 2.75) is 32.0 Å². The maximum Gasteiger partial charge on any atom is 0.332 e. The van der Waals surface area contributed by atoms with E-state index in [-0.39, 0.29) is 6.10 Å². The summed E-state index contributed by atoms with van der Waals surface area (Å²) in [4.78, 5) is 10.7. The quantitative estimate of drug-likeness (QED) is 0.712. The Morgan fingerprint density at radius 2 is 2.46 bits per heavy atom. The van der Waals surface area contributed by atoms with Crippen LogP contribution in [0.15, 0.2) is 0 Å². The first-order chi connectivity index (χ1) is 6.15. The van der Waals surface area contributed by atoms with Gasteiger partial charge in [-0.15, -0.1) is 0 Å². The van der Waals surface area contributed by atoms with Crippen molar-refractivity contribution in [3.05, 3.63) is 0 Å². The minimum atomic E-state index is -0.887. The number of rotatable bonds is 4. The van der Waals surface area contributed by atoms with Gasteiger partial charge in [-0.2, -0.15) is 0 Å². The predicted octanol–water partition coefficient (Wildman–Crippen LogP) is 0.901. The number of carbonyl (C=O) groups is 1. The van der Waals surface area contributed by atoms with Crippen LogP contribution in [0.25, 0.3) is 0 Å². The van der Waals surface area contributed by atoms with Crippen molar-refractivity contribution < 1.29 is 19.4 Å². The molecule has 0 bridgehead atoms. The highest BCUT2D eigenvalue weighted by molar-refractivity contribution is 5.72. The van der Waals surface area contributed by atoms with Crippen LogP contribution in [0, 0.1) is 5.92 Å². The van der Waals surface area contributed by atoms with Crippen LogP contribution in [0.4, 0.5) is 0 Å². The Balaban J connectivity index is 2.41. The zero-order chi connectivity index (χ0) is 9.84. The Kier molecular flexibility index (Phi) is 3.69. The molecule has 1 saturated heterocycles. The van der Waals surface area contributed by atoms with Crippen LogP contribution in [-0.4, -0.2) is 37.0 Å². The Bertz CT molecular complexity index is 180. The average molecular weight is 188 g/mol. The molecule has 0 aromatic carbocycles. The number of methoxy groups -OCH3 is 1. The van der Waals surface area contributed by atoms with E-state index in [1.807, 2.05) is 6.92 Å². The third-order valence-corrected chi connectivity index (χ3v) is 2.61. The molecule has 1 aliphatic rings. The van der Waals surface area contributed by atoms with Crippen molar-refractivity contribution in [2.75, 3.05) is 13.7 Å². The van der Waals surface area contributed by atoms with E-state index in [9.17, 15) is 4.79 Å². The molecule has 1 fully saturated rings. The Morgan fingerprint density at radius 1 is 1.77 bits per heavy atom. The molecule has 3 atom stereocenters. The molecule has 0 aromatic heterocycles. The Morgan fingerprint density at radius 3 is 2.85 bits per heavy atom. The number of ether oxygens (including phenoxy) is 2. The molecule has 1 rings (SSSR count). The van der Waals surface area contributed by atoms with E-state index in [0.29, 0.717) is 12.3 Å². The maximum absolute atomic E-state index is 10.7. The SMILES string of the molecule is COC(CC1CCOC1C)C(=O)O. The highest BCUT2D eigenvalue weighted by atomic mass is 16.5. The summed E-state index contributed by atoms with van der Waals surface area (Å²) in [5.74, 6) is -0.567. The second-order valence-electron chi connectivity index (χ2n) is 3.42. The lowest BCUT2D eigenvalue weighted by Crippen LogP contribution is -2.27. The molecule has 0 aromatic rings. The first kappa shape index (κ1) is 10.5. The molecule has 0 spiro atoms. The lowest BCUT2D eigenvalue weighted by atomic mass is 9.95. The summed E-state index contributed by atoms with van der Waals surface area (Å²) in [7, 11) is 1.43. The van der Waals surface area contributed by atoms with Gasteiger partial charge in [-0.25, -0.2) is 4.79 Å². The van der Waals surface area contributed by atoms with Crippen molar-refractivity contribution in [3.8, 4) is 0 Å². The number of hydrogen-bond donors (Lipinski definition) is 1. The Labute approximate surface area is 77.8 Å².